The Morgan fingerprint density at radius 3 is 2.58 bits per heavy atom. The van der Waals surface area contributed by atoms with E-state index in [2.05, 4.69) is 37.0 Å². The molecular formula is C16H20O3. The third kappa shape index (κ3) is 5.53. The maximum absolute atomic E-state index is 10.7. The first-order valence-corrected chi connectivity index (χ1v) is 6.14. The van der Waals surface area contributed by atoms with Crippen molar-refractivity contribution < 1.29 is 14.3 Å². The molecule has 2 rings (SSSR count). The minimum atomic E-state index is -0.337. The molecule has 0 saturated carbocycles. The summed E-state index contributed by atoms with van der Waals surface area (Å²) in [5, 5.41) is 0. The van der Waals surface area contributed by atoms with Crippen LogP contribution in [0.1, 0.15) is 17.5 Å². The average Bonchev–Trinajstić information content (AvgIpc) is 3.23. The van der Waals surface area contributed by atoms with E-state index < -0.39 is 0 Å². The van der Waals surface area contributed by atoms with Gasteiger partial charge in [-0.2, -0.15) is 0 Å². The minimum absolute atomic E-state index is 0.214. The molecule has 3 heteroatoms. The largest absolute Gasteiger partial charge is 0.466 e. The van der Waals surface area contributed by atoms with Crippen molar-refractivity contribution in [2.24, 2.45) is 0 Å². The van der Waals surface area contributed by atoms with Crippen molar-refractivity contribution in [3.05, 3.63) is 54.1 Å². The standard InChI is InChI=1S/C9H10.C7H10O3/c1-3-9-7-5-4-6-8(9)2;1-5(7(8)9-2)3-6-4-10-6/h3-7H,1H2,2H3;6H,1,3-4H2,2H3. The highest BCUT2D eigenvalue weighted by Crippen LogP contribution is 2.18. The average molecular weight is 260 g/mol. The van der Waals surface area contributed by atoms with E-state index in [0.29, 0.717) is 12.0 Å². The van der Waals surface area contributed by atoms with Crippen molar-refractivity contribution in [3.63, 3.8) is 0 Å². The fraction of sp³-hybridized carbons (Fsp3) is 0.312. The molecule has 1 aliphatic rings. The van der Waals surface area contributed by atoms with Gasteiger partial charge in [0.05, 0.1) is 19.8 Å². The fourth-order valence-electron chi connectivity index (χ4n) is 1.50. The summed E-state index contributed by atoms with van der Waals surface area (Å²) >= 11 is 0. The van der Waals surface area contributed by atoms with Crippen LogP contribution in [0.5, 0.6) is 0 Å². The number of hydrogen-bond acceptors (Lipinski definition) is 3. The molecule has 1 saturated heterocycles. The van der Waals surface area contributed by atoms with Gasteiger partial charge in [-0.25, -0.2) is 4.79 Å². The summed E-state index contributed by atoms with van der Waals surface area (Å²) in [5.41, 5.74) is 3.00. The first kappa shape index (κ1) is 15.2. The molecule has 0 N–H and O–H groups in total. The molecule has 0 amide bonds. The quantitative estimate of drug-likeness (QED) is 0.474. The van der Waals surface area contributed by atoms with E-state index in [0.717, 1.165) is 6.61 Å². The van der Waals surface area contributed by atoms with E-state index in [9.17, 15) is 4.79 Å². The smallest absolute Gasteiger partial charge is 0.333 e. The summed E-state index contributed by atoms with van der Waals surface area (Å²) in [6.07, 6.45) is 2.69. The summed E-state index contributed by atoms with van der Waals surface area (Å²) in [6.45, 7) is 10.1. The zero-order valence-electron chi connectivity index (χ0n) is 11.5. The van der Waals surface area contributed by atoms with Crippen molar-refractivity contribution in [1.82, 2.24) is 0 Å². The molecule has 1 fully saturated rings. The third-order valence-electron chi connectivity index (χ3n) is 2.76. The summed E-state index contributed by atoms with van der Waals surface area (Å²) in [7, 11) is 1.35. The van der Waals surface area contributed by atoms with Crippen LogP contribution >= 0.6 is 0 Å². The van der Waals surface area contributed by atoms with Crippen LogP contribution in [0.4, 0.5) is 0 Å². The number of carbonyl (C=O) groups excluding carboxylic acids is 1. The Bertz CT molecular complexity index is 459. The van der Waals surface area contributed by atoms with Gasteiger partial charge < -0.3 is 9.47 Å². The van der Waals surface area contributed by atoms with Gasteiger partial charge in [0, 0.05) is 12.0 Å². The number of carbonyl (C=O) groups is 1. The van der Waals surface area contributed by atoms with Gasteiger partial charge in [-0.05, 0) is 18.1 Å². The summed E-state index contributed by atoms with van der Waals surface area (Å²) in [5.74, 6) is -0.337. The molecule has 3 nitrogen and oxygen atoms in total. The number of aryl methyl sites for hydroxylation is 1. The zero-order chi connectivity index (χ0) is 14.3. The second kappa shape index (κ2) is 7.54. The van der Waals surface area contributed by atoms with Crippen LogP contribution in [0, 0.1) is 6.92 Å². The molecule has 0 spiro atoms. The summed E-state index contributed by atoms with van der Waals surface area (Å²) in [4.78, 5) is 10.7. The van der Waals surface area contributed by atoms with Crippen LogP contribution in [-0.4, -0.2) is 25.8 Å². The number of esters is 1. The van der Waals surface area contributed by atoms with Gasteiger partial charge in [0.25, 0.3) is 0 Å². The second-order valence-corrected chi connectivity index (χ2v) is 4.32. The maximum atomic E-state index is 10.7. The van der Waals surface area contributed by atoms with Crippen molar-refractivity contribution in [1.29, 1.82) is 0 Å². The molecule has 1 heterocycles. The highest BCUT2D eigenvalue weighted by molar-refractivity contribution is 5.87. The van der Waals surface area contributed by atoms with Crippen LogP contribution in [0.15, 0.2) is 43.0 Å². The first-order valence-electron chi connectivity index (χ1n) is 6.14. The van der Waals surface area contributed by atoms with E-state index in [-0.39, 0.29) is 12.1 Å². The van der Waals surface area contributed by atoms with Gasteiger partial charge in [-0.15, -0.1) is 0 Å². The number of epoxide rings is 1. The normalized spacial score (nSPS) is 15.8. The SMILES string of the molecule is C=C(CC1CO1)C(=O)OC.C=Cc1ccccc1C. The van der Waals surface area contributed by atoms with Gasteiger partial charge in [-0.1, -0.05) is 43.5 Å². The molecule has 1 atom stereocenters. The molecule has 1 aromatic carbocycles. The second-order valence-electron chi connectivity index (χ2n) is 4.32. The molecule has 0 bridgehead atoms. The van der Waals surface area contributed by atoms with E-state index in [1.165, 1.54) is 18.2 Å². The highest BCUT2D eigenvalue weighted by Gasteiger charge is 2.25. The van der Waals surface area contributed by atoms with E-state index in [4.69, 9.17) is 4.74 Å². The van der Waals surface area contributed by atoms with Gasteiger partial charge >= 0.3 is 5.97 Å². The topological polar surface area (TPSA) is 38.8 Å². The lowest BCUT2D eigenvalue weighted by Gasteiger charge is -1.98. The fourth-order valence-corrected chi connectivity index (χ4v) is 1.50. The minimum Gasteiger partial charge on any atom is -0.466 e. The highest BCUT2D eigenvalue weighted by atomic mass is 16.6. The lowest BCUT2D eigenvalue weighted by Crippen LogP contribution is -2.05. The zero-order valence-corrected chi connectivity index (χ0v) is 11.5. The van der Waals surface area contributed by atoms with Crippen molar-refractivity contribution in [2.45, 2.75) is 19.4 Å². The van der Waals surface area contributed by atoms with Gasteiger partial charge in [-0.3, -0.25) is 0 Å². The van der Waals surface area contributed by atoms with Crippen LogP contribution in [0.2, 0.25) is 0 Å². The Morgan fingerprint density at radius 2 is 2.16 bits per heavy atom. The monoisotopic (exact) mass is 260 g/mol. The van der Waals surface area contributed by atoms with Crippen molar-refractivity contribution in [3.8, 4) is 0 Å². The molecule has 1 unspecified atom stereocenters. The summed E-state index contributed by atoms with van der Waals surface area (Å²) in [6, 6.07) is 8.19. The van der Waals surface area contributed by atoms with Gasteiger partial charge in [0.2, 0.25) is 0 Å². The predicted molar refractivity (Wildman–Crippen MR) is 76.8 cm³/mol. The van der Waals surface area contributed by atoms with Crippen LogP contribution in [0.25, 0.3) is 6.08 Å². The predicted octanol–water partition coefficient (Wildman–Crippen LogP) is 3.14. The van der Waals surface area contributed by atoms with Gasteiger partial charge in [0.1, 0.15) is 0 Å². The van der Waals surface area contributed by atoms with E-state index >= 15 is 0 Å². The number of benzene rings is 1. The molecule has 19 heavy (non-hydrogen) atoms. The Labute approximate surface area is 114 Å². The number of ether oxygens (including phenoxy) is 2. The number of hydrogen-bond donors (Lipinski definition) is 0. The molecule has 1 aromatic rings. The molecule has 0 radical (unpaired) electrons. The Hall–Kier alpha value is -1.87. The third-order valence-corrected chi connectivity index (χ3v) is 2.76. The Balaban J connectivity index is 0.000000191. The van der Waals surface area contributed by atoms with Crippen LogP contribution in [0.3, 0.4) is 0 Å². The van der Waals surface area contributed by atoms with Crippen molar-refractivity contribution in [2.75, 3.05) is 13.7 Å². The Morgan fingerprint density at radius 1 is 1.53 bits per heavy atom. The molecule has 0 aromatic heterocycles. The molecule has 102 valence electrons. The van der Waals surface area contributed by atoms with E-state index in [1.54, 1.807) is 0 Å². The number of rotatable bonds is 4. The lowest BCUT2D eigenvalue weighted by atomic mass is 10.1. The molecule has 0 aliphatic carbocycles. The maximum Gasteiger partial charge on any atom is 0.333 e. The molecular weight excluding hydrogens is 240 g/mol. The van der Waals surface area contributed by atoms with Crippen molar-refractivity contribution >= 4 is 12.0 Å². The summed E-state index contributed by atoms with van der Waals surface area (Å²) < 4.78 is 9.35. The first-order chi connectivity index (χ1) is 9.08. The Kier molecular flexibility index (Phi) is 6.03. The van der Waals surface area contributed by atoms with Crippen LogP contribution < -0.4 is 0 Å². The molecule has 1 aliphatic heterocycles. The van der Waals surface area contributed by atoms with E-state index in [1.807, 2.05) is 18.2 Å². The number of methoxy groups -OCH3 is 1. The van der Waals surface area contributed by atoms with Crippen LogP contribution in [-0.2, 0) is 14.3 Å². The van der Waals surface area contributed by atoms with Gasteiger partial charge in [0.15, 0.2) is 0 Å². The lowest BCUT2D eigenvalue weighted by molar-refractivity contribution is -0.136.